The lowest BCUT2D eigenvalue weighted by Gasteiger charge is -2.16. The van der Waals surface area contributed by atoms with E-state index in [1.165, 1.54) is 34.8 Å². The van der Waals surface area contributed by atoms with Crippen LogP contribution in [0.4, 0.5) is 9.52 Å². The molecule has 3 aromatic rings. The summed E-state index contributed by atoms with van der Waals surface area (Å²) in [5.41, 5.74) is 1.90. The lowest BCUT2D eigenvalue weighted by atomic mass is 10.0. The molecule has 1 fully saturated rings. The molecule has 1 aliphatic rings. The van der Waals surface area contributed by atoms with Crippen LogP contribution in [-0.2, 0) is 25.5 Å². The molecule has 3 N–H and O–H groups in total. The van der Waals surface area contributed by atoms with Crippen LogP contribution in [0.2, 0.25) is 0 Å². The SMILES string of the molecule is CC[C@]1(C(=O)O)O[C@@H]1C(=O)N[C@@H](Cc1cscn1)C(=O)Nc1nc(-c2ccc(F)cc2)cs1. The Balaban J connectivity index is 1.47. The molecule has 2 amide bonds. The first-order valence-electron chi connectivity index (χ1n) is 9.93. The third-order valence-corrected chi connectivity index (χ3v) is 6.62. The molecule has 0 aliphatic carbocycles. The summed E-state index contributed by atoms with van der Waals surface area (Å²) in [5, 5.41) is 18.4. The summed E-state index contributed by atoms with van der Waals surface area (Å²) in [7, 11) is 0. The summed E-state index contributed by atoms with van der Waals surface area (Å²) in [6.45, 7) is 1.61. The number of anilines is 1. The minimum Gasteiger partial charge on any atom is -0.479 e. The van der Waals surface area contributed by atoms with Gasteiger partial charge in [-0.2, -0.15) is 0 Å². The van der Waals surface area contributed by atoms with Crippen molar-refractivity contribution < 1.29 is 28.6 Å². The topological polar surface area (TPSA) is 134 Å². The highest BCUT2D eigenvalue weighted by Gasteiger charge is 2.65. The molecule has 4 rings (SSSR count). The number of hydrogen-bond donors (Lipinski definition) is 3. The average Bonchev–Trinajstić information content (AvgIpc) is 3.07. The van der Waals surface area contributed by atoms with Crippen molar-refractivity contribution in [3.05, 3.63) is 52.0 Å². The molecule has 12 heteroatoms. The summed E-state index contributed by atoms with van der Waals surface area (Å²) in [6.07, 6.45) is -0.944. The van der Waals surface area contributed by atoms with Crippen LogP contribution >= 0.6 is 22.7 Å². The number of carbonyl (C=O) groups is 3. The molecule has 0 saturated carbocycles. The Bertz CT molecular complexity index is 1170. The Morgan fingerprint density at radius 3 is 2.64 bits per heavy atom. The largest absolute Gasteiger partial charge is 0.479 e. The molecule has 0 radical (unpaired) electrons. The van der Waals surface area contributed by atoms with Gasteiger partial charge in [0, 0.05) is 22.7 Å². The van der Waals surface area contributed by atoms with Gasteiger partial charge in [-0.1, -0.05) is 6.92 Å². The Hall–Kier alpha value is -3.22. The first-order valence-corrected chi connectivity index (χ1v) is 11.8. The van der Waals surface area contributed by atoms with Crippen molar-refractivity contribution in [3.8, 4) is 11.3 Å². The van der Waals surface area contributed by atoms with Crippen LogP contribution in [0.15, 0.2) is 40.5 Å². The number of aliphatic carboxylic acids is 1. The minimum absolute atomic E-state index is 0.107. The number of carboxylic acid groups (broad SMARTS) is 1. The number of nitrogens with one attached hydrogen (secondary N) is 2. The standard InChI is InChI=1S/C21H19FN4O5S2/c1-2-21(19(29)30)16(31-21)18(28)24-14(7-13-8-32-10-23-13)17(27)26-20-25-15(9-33-20)11-3-5-12(22)6-4-11/h3-6,8-10,14,16H,2,7H2,1H3,(H,24,28)(H,29,30)(H,25,26,27)/t14-,16+,21-/m0/s1. The second-order valence-corrected chi connectivity index (χ2v) is 8.90. The smallest absolute Gasteiger partial charge is 0.339 e. The number of aromatic nitrogens is 2. The predicted molar refractivity (Wildman–Crippen MR) is 119 cm³/mol. The summed E-state index contributed by atoms with van der Waals surface area (Å²) in [6, 6.07) is 4.78. The quantitative estimate of drug-likeness (QED) is 0.393. The molecule has 1 saturated heterocycles. The number of carbonyl (C=O) groups excluding carboxylic acids is 2. The van der Waals surface area contributed by atoms with Crippen LogP contribution in [-0.4, -0.2) is 50.6 Å². The van der Waals surface area contributed by atoms with Crippen molar-refractivity contribution in [2.75, 3.05) is 5.32 Å². The Labute approximate surface area is 195 Å². The number of ether oxygens (including phenoxy) is 1. The van der Waals surface area contributed by atoms with Gasteiger partial charge in [-0.15, -0.1) is 22.7 Å². The van der Waals surface area contributed by atoms with Gasteiger partial charge in [0.1, 0.15) is 11.9 Å². The average molecular weight is 491 g/mol. The van der Waals surface area contributed by atoms with Crippen LogP contribution in [0, 0.1) is 5.82 Å². The number of nitrogens with zero attached hydrogens (tertiary/aromatic N) is 2. The van der Waals surface area contributed by atoms with Crippen LogP contribution in [0.1, 0.15) is 19.0 Å². The van der Waals surface area contributed by atoms with Crippen molar-refractivity contribution in [2.45, 2.75) is 37.5 Å². The molecule has 3 atom stereocenters. The maximum absolute atomic E-state index is 13.1. The number of epoxide rings is 1. The molecule has 3 heterocycles. The monoisotopic (exact) mass is 490 g/mol. The van der Waals surface area contributed by atoms with E-state index in [9.17, 15) is 23.9 Å². The van der Waals surface area contributed by atoms with Gasteiger partial charge in [0.15, 0.2) is 11.2 Å². The van der Waals surface area contributed by atoms with E-state index >= 15 is 0 Å². The van der Waals surface area contributed by atoms with Gasteiger partial charge in [-0.05, 0) is 30.7 Å². The minimum atomic E-state index is -1.56. The van der Waals surface area contributed by atoms with Crippen molar-refractivity contribution >= 4 is 45.6 Å². The van der Waals surface area contributed by atoms with Crippen molar-refractivity contribution in [3.63, 3.8) is 0 Å². The molecule has 0 spiro atoms. The van der Waals surface area contributed by atoms with Crippen LogP contribution in [0.3, 0.4) is 0 Å². The van der Waals surface area contributed by atoms with Gasteiger partial charge >= 0.3 is 5.97 Å². The van der Waals surface area contributed by atoms with Gasteiger partial charge in [-0.25, -0.2) is 19.2 Å². The molecule has 172 valence electrons. The van der Waals surface area contributed by atoms with Crippen LogP contribution in [0.5, 0.6) is 0 Å². The fourth-order valence-electron chi connectivity index (χ4n) is 3.31. The molecule has 0 bridgehead atoms. The molecule has 9 nitrogen and oxygen atoms in total. The van der Waals surface area contributed by atoms with Crippen LogP contribution < -0.4 is 10.6 Å². The van der Waals surface area contributed by atoms with E-state index in [0.29, 0.717) is 22.1 Å². The highest BCUT2D eigenvalue weighted by atomic mass is 32.1. The van der Waals surface area contributed by atoms with E-state index in [1.54, 1.807) is 35.3 Å². The normalized spacial score (nSPS) is 20.1. The molecule has 0 unspecified atom stereocenters. The number of hydrogen-bond acceptors (Lipinski definition) is 8. The number of halogens is 1. The maximum atomic E-state index is 13.1. The van der Waals surface area contributed by atoms with E-state index < -0.39 is 35.5 Å². The first-order chi connectivity index (χ1) is 15.8. The maximum Gasteiger partial charge on any atom is 0.339 e. The van der Waals surface area contributed by atoms with Gasteiger partial charge in [0.2, 0.25) is 11.5 Å². The molecular formula is C21H19FN4O5S2. The second kappa shape index (κ2) is 9.33. The molecule has 33 heavy (non-hydrogen) atoms. The van der Waals surface area contributed by atoms with Crippen molar-refractivity contribution in [1.82, 2.24) is 15.3 Å². The highest BCUT2D eigenvalue weighted by Crippen LogP contribution is 2.40. The van der Waals surface area contributed by atoms with Crippen molar-refractivity contribution in [1.29, 1.82) is 0 Å². The van der Waals surface area contributed by atoms with E-state index in [4.69, 9.17) is 4.74 Å². The molecule has 1 aromatic carbocycles. The number of amides is 2. The van der Waals surface area contributed by atoms with E-state index in [1.807, 2.05) is 0 Å². The number of rotatable bonds is 9. The Kier molecular flexibility index (Phi) is 6.49. The Morgan fingerprint density at radius 1 is 1.27 bits per heavy atom. The van der Waals surface area contributed by atoms with E-state index in [2.05, 4.69) is 20.6 Å². The second-order valence-electron chi connectivity index (χ2n) is 7.33. The summed E-state index contributed by atoms with van der Waals surface area (Å²) < 4.78 is 18.3. The summed E-state index contributed by atoms with van der Waals surface area (Å²) in [4.78, 5) is 45.6. The lowest BCUT2D eigenvalue weighted by molar-refractivity contribution is -0.143. The fraction of sp³-hybridized carbons (Fsp3) is 0.286. The Morgan fingerprint density at radius 2 is 2.03 bits per heavy atom. The third-order valence-electron chi connectivity index (χ3n) is 5.22. The number of benzene rings is 1. The number of thiazole rings is 2. The van der Waals surface area contributed by atoms with E-state index in [-0.39, 0.29) is 18.7 Å². The first kappa shape index (κ1) is 23.0. The molecular weight excluding hydrogens is 471 g/mol. The van der Waals surface area contributed by atoms with Crippen LogP contribution in [0.25, 0.3) is 11.3 Å². The zero-order valence-electron chi connectivity index (χ0n) is 17.3. The molecule has 1 aliphatic heterocycles. The zero-order chi connectivity index (χ0) is 23.6. The zero-order valence-corrected chi connectivity index (χ0v) is 18.9. The van der Waals surface area contributed by atoms with Crippen molar-refractivity contribution in [2.24, 2.45) is 0 Å². The van der Waals surface area contributed by atoms with Gasteiger partial charge in [-0.3, -0.25) is 9.59 Å². The van der Waals surface area contributed by atoms with Gasteiger partial charge < -0.3 is 20.5 Å². The van der Waals surface area contributed by atoms with E-state index in [0.717, 1.165) is 0 Å². The summed E-state index contributed by atoms with van der Waals surface area (Å²) in [5.74, 6) is -2.80. The molecule has 2 aromatic heterocycles. The lowest BCUT2D eigenvalue weighted by Crippen LogP contribution is -2.48. The third kappa shape index (κ3) is 4.92. The van der Waals surface area contributed by atoms with Gasteiger partial charge in [0.05, 0.1) is 16.9 Å². The summed E-state index contributed by atoms with van der Waals surface area (Å²) >= 11 is 2.53. The fourth-order valence-corrected chi connectivity index (χ4v) is 4.60. The predicted octanol–water partition coefficient (Wildman–Crippen LogP) is 2.70. The number of carboxylic acids is 1. The van der Waals surface area contributed by atoms with Gasteiger partial charge in [0.25, 0.3) is 5.91 Å². The highest BCUT2D eigenvalue weighted by molar-refractivity contribution is 7.14.